The van der Waals surface area contributed by atoms with Crippen LogP contribution in [-0.2, 0) is 0 Å². The Morgan fingerprint density at radius 2 is 2.00 bits per heavy atom. The first-order chi connectivity index (χ1) is 7.33. The first-order valence-corrected chi connectivity index (χ1v) is 6.57. The minimum atomic E-state index is 0.112. The fourth-order valence-corrected chi connectivity index (χ4v) is 2.48. The van der Waals surface area contributed by atoms with Crippen LogP contribution in [-0.4, -0.2) is 9.73 Å². The van der Waals surface area contributed by atoms with E-state index in [2.05, 4.69) is 44.8 Å². The van der Waals surface area contributed by atoms with Crippen molar-refractivity contribution in [2.24, 2.45) is 5.73 Å². The summed E-state index contributed by atoms with van der Waals surface area (Å²) in [5.41, 5.74) is 8.25. The summed E-state index contributed by atoms with van der Waals surface area (Å²) in [6.45, 7) is 10.7. The topological polar surface area (TPSA) is 38.9 Å². The third kappa shape index (κ3) is 3.80. The second-order valence-electron chi connectivity index (χ2n) is 5.05. The molecule has 0 aromatic carbocycles. The van der Waals surface area contributed by atoms with Gasteiger partial charge in [0.2, 0.25) is 0 Å². The summed E-state index contributed by atoms with van der Waals surface area (Å²) in [5.74, 6) is 0. The average molecular weight is 238 g/mol. The van der Waals surface area contributed by atoms with Crippen LogP contribution < -0.4 is 5.73 Å². The predicted octanol–water partition coefficient (Wildman–Crippen LogP) is 3.69. The van der Waals surface area contributed by atoms with E-state index in [9.17, 15) is 0 Å². The standard InChI is InChI=1S/C13H22N2S/c1-6-11(14)10-7-8-12(15-9(10)2)16-13(3,4)5/h7-8,11H,6,14H2,1-5H3/t11-/m1/s1. The van der Waals surface area contributed by atoms with Crippen LogP contribution in [0.15, 0.2) is 17.2 Å². The molecule has 0 fully saturated rings. The highest BCUT2D eigenvalue weighted by Crippen LogP contribution is 2.31. The van der Waals surface area contributed by atoms with Gasteiger partial charge in [0.1, 0.15) is 0 Å². The fourth-order valence-electron chi connectivity index (χ4n) is 1.53. The largest absolute Gasteiger partial charge is 0.324 e. The Labute approximate surface area is 103 Å². The summed E-state index contributed by atoms with van der Waals surface area (Å²) < 4.78 is 0.202. The van der Waals surface area contributed by atoms with E-state index in [4.69, 9.17) is 5.73 Å². The van der Waals surface area contributed by atoms with Gasteiger partial charge in [-0.1, -0.05) is 33.8 Å². The molecular weight excluding hydrogens is 216 g/mol. The van der Waals surface area contributed by atoms with Gasteiger partial charge in [-0.2, -0.15) is 0 Å². The first kappa shape index (κ1) is 13.5. The number of hydrogen-bond donors (Lipinski definition) is 1. The Balaban J connectivity index is 2.91. The van der Waals surface area contributed by atoms with Crippen molar-refractivity contribution in [1.82, 2.24) is 4.98 Å². The lowest BCUT2D eigenvalue weighted by molar-refractivity contribution is 0.685. The number of aryl methyl sites for hydroxylation is 1. The van der Waals surface area contributed by atoms with Gasteiger partial charge in [-0.15, -0.1) is 11.8 Å². The zero-order valence-electron chi connectivity index (χ0n) is 10.9. The van der Waals surface area contributed by atoms with Crippen molar-refractivity contribution in [3.63, 3.8) is 0 Å². The van der Waals surface area contributed by atoms with E-state index in [1.165, 1.54) is 5.56 Å². The molecule has 1 heterocycles. The highest BCUT2D eigenvalue weighted by atomic mass is 32.2. The minimum absolute atomic E-state index is 0.112. The van der Waals surface area contributed by atoms with Gasteiger partial charge in [-0.05, 0) is 25.0 Å². The van der Waals surface area contributed by atoms with Crippen molar-refractivity contribution in [3.05, 3.63) is 23.4 Å². The van der Waals surface area contributed by atoms with E-state index in [-0.39, 0.29) is 10.8 Å². The van der Waals surface area contributed by atoms with Crippen LogP contribution in [0.4, 0.5) is 0 Å². The molecule has 0 saturated heterocycles. The second kappa shape index (κ2) is 5.19. The highest BCUT2D eigenvalue weighted by Gasteiger charge is 2.14. The van der Waals surface area contributed by atoms with Gasteiger partial charge in [-0.25, -0.2) is 4.98 Å². The molecule has 1 atom stereocenters. The highest BCUT2D eigenvalue weighted by molar-refractivity contribution is 8.00. The minimum Gasteiger partial charge on any atom is -0.324 e. The molecule has 0 saturated carbocycles. The molecule has 16 heavy (non-hydrogen) atoms. The molecule has 2 nitrogen and oxygen atoms in total. The van der Waals surface area contributed by atoms with Gasteiger partial charge in [0, 0.05) is 16.5 Å². The summed E-state index contributed by atoms with van der Waals surface area (Å²) >= 11 is 1.79. The maximum absolute atomic E-state index is 6.03. The van der Waals surface area contributed by atoms with Crippen LogP contribution in [0.3, 0.4) is 0 Å². The number of hydrogen-bond acceptors (Lipinski definition) is 3. The third-order valence-corrected chi connectivity index (χ3v) is 3.40. The van der Waals surface area contributed by atoms with Crippen molar-refractivity contribution in [2.75, 3.05) is 0 Å². The Morgan fingerprint density at radius 3 is 2.44 bits per heavy atom. The van der Waals surface area contributed by atoms with Crippen molar-refractivity contribution < 1.29 is 0 Å². The monoisotopic (exact) mass is 238 g/mol. The lowest BCUT2D eigenvalue weighted by Crippen LogP contribution is -2.12. The smallest absolute Gasteiger partial charge is 0.0968 e. The van der Waals surface area contributed by atoms with E-state index in [1.807, 2.05) is 6.92 Å². The van der Waals surface area contributed by atoms with Crippen LogP contribution >= 0.6 is 11.8 Å². The summed E-state index contributed by atoms with van der Waals surface area (Å²) in [5, 5.41) is 1.08. The molecular formula is C13H22N2S. The van der Waals surface area contributed by atoms with Gasteiger partial charge >= 0.3 is 0 Å². The van der Waals surface area contributed by atoms with E-state index >= 15 is 0 Å². The summed E-state index contributed by atoms with van der Waals surface area (Å²) in [4.78, 5) is 4.61. The van der Waals surface area contributed by atoms with Gasteiger partial charge < -0.3 is 5.73 Å². The second-order valence-corrected chi connectivity index (χ2v) is 6.90. The van der Waals surface area contributed by atoms with Crippen molar-refractivity contribution >= 4 is 11.8 Å². The molecule has 2 N–H and O–H groups in total. The Morgan fingerprint density at radius 1 is 1.38 bits per heavy atom. The molecule has 0 bridgehead atoms. The molecule has 0 aliphatic carbocycles. The van der Waals surface area contributed by atoms with E-state index < -0.39 is 0 Å². The number of aromatic nitrogens is 1. The summed E-state index contributed by atoms with van der Waals surface area (Å²) in [6, 6.07) is 4.31. The third-order valence-electron chi connectivity index (χ3n) is 2.35. The van der Waals surface area contributed by atoms with Gasteiger partial charge in [0.25, 0.3) is 0 Å². The molecule has 1 rings (SSSR count). The van der Waals surface area contributed by atoms with Crippen LogP contribution in [0.25, 0.3) is 0 Å². The molecule has 3 heteroatoms. The zero-order chi connectivity index (χ0) is 12.3. The van der Waals surface area contributed by atoms with E-state index in [0.29, 0.717) is 0 Å². The lowest BCUT2D eigenvalue weighted by atomic mass is 10.0. The molecule has 1 aromatic heterocycles. The van der Waals surface area contributed by atoms with Crippen LogP contribution in [0.2, 0.25) is 0 Å². The fraction of sp³-hybridized carbons (Fsp3) is 0.615. The normalized spacial score (nSPS) is 13.9. The number of nitrogens with zero attached hydrogens (tertiary/aromatic N) is 1. The van der Waals surface area contributed by atoms with Gasteiger partial charge in [0.15, 0.2) is 0 Å². The predicted molar refractivity (Wildman–Crippen MR) is 71.8 cm³/mol. The molecule has 0 aliphatic rings. The number of pyridine rings is 1. The van der Waals surface area contributed by atoms with Crippen LogP contribution in [0, 0.1) is 6.92 Å². The van der Waals surface area contributed by atoms with Crippen molar-refractivity contribution in [3.8, 4) is 0 Å². The Kier molecular flexibility index (Phi) is 4.39. The molecule has 0 amide bonds. The van der Waals surface area contributed by atoms with Crippen molar-refractivity contribution in [2.45, 2.75) is 56.9 Å². The van der Waals surface area contributed by atoms with Crippen molar-refractivity contribution in [1.29, 1.82) is 0 Å². The number of rotatable bonds is 3. The SMILES string of the molecule is CC[C@@H](N)c1ccc(SC(C)(C)C)nc1C. The zero-order valence-corrected chi connectivity index (χ0v) is 11.7. The summed E-state index contributed by atoms with van der Waals surface area (Å²) in [6.07, 6.45) is 0.953. The van der Waals surface area contributed by atoms with Gasteiger partial charge in [-0.3, -0.25) is 0 Å². The lowest BCUT2D eigenvalue weighted by Gasteiger charge is -2.18. The first-order valence-electron chi connectivity index (χ1n) is 5.75. The molecule has 0 radical (unpaired) electrons. The molecule has 90 valence electrons. The summed E-state index contributed by atoms with van der Waals surface area (Å²) in [7, 11) is 0. The molecule has 0 aliphatic heterocycles. The molecule has 1 aromatic rings. The van der Waals surface area contributed by atoms with E-state index in [0.717, 1.165) is 17.1 Å². The molecule has 0 unspecified atom stereocenters. The van der Waals surface area contributed by atoms with Crippen LogP contribution in [0.5, 0.6) is 0 Å². The van der Waals surface area contributed by atoms with Crippen LogP contribution in [0.1, 0.15) is 51.4 Å². The Bertz CT molecular complexity index is 355. The van der Waals surface area contributed by atoms with Gasteiger partial charge in [0.05, 0.1) is 5.03 Å². The number of thioether (sulfide) groups is 1. The maximum Gasteiger partial charge on any atom is 0.0968 e. The maximum atomic E-state index is 6.03. The quantitative estimate of drug-likeness (QED) is 0.816. The Hall–Kier alpha value is -0.540. The molecule has 0 spiro atoms. The number of nitrogens with two attached hydrogens (primary N) is 1. The average Bonchev–Trinajstić information content (AvgIpc) is 2.14. The van der Waals surface area contributed by atoms with E-state index in [1.54, 1.807) is 11.8 Å².